The highest BCUT2D eigenvalue weighted by Crippen LogP contribution is 2.30. The van der Waals surface area contributed by atoms with Crippen LogP contribution in [0, 0.1) is 15.5 Å². The molecule has 0 amide bonds. The highest BCUT2D eigenvalue weighted by molar-refractivity contribution is 9.09. The molecule has 0 bridgehead atoms. The van der Waals surface area contributed by atoms with Crippen LogP contribution in [0.4, 0.5) is 5.69 Å². The van der Waals surface area contributed by atoms with Crippen LogP contribution in [0.25, 0.3) is 0 Å². The van der Waals surface area contributed by atoms with E-state index in [2.05, 4.69) is 34.9 Å². The van der Waals surface area contributed by atoms with Gasteiger partial charge in [-0.1, -0.05) is 29.8 Å². The Morgan fingerprint density at radius 3 is 2.56 bits per heavy atom. The summed E-state index contributed by atoms with van der Waals surface area (Å²) in [5.41, 5.74) is 0.176. The SMILES string of the molecule is CCC(CC)(CBr)Cn1cc([N+](=O)[O-])cn1. The van der Waals surface area contributed by atoms with Crippen molar-refractivity contribution in [3.05, 3.63) is 22.5 Å². The van der Waals surface area contributed by atoms with Crippen LogP contribution in [0.15, 0.2) is 12.4 Å². The van der Waals surface area contributed by atoms with Crippen LogP contribution in [0.2, 0.25) is 0 Å². The zero-order valence-electron chi connectivity index (χ0n) is 9.52. The normalized spacial score (nSPS) is 11.7. The third kappa shape index (κ3) is 2.81. The van der Waals surface area contributed by atoms with E-state index in [4.69, 9.17) is 0 Å². The molecule has 16 heavy (non-hydrogen) atoms. The maximum Gasteiger partial charge on any atom is 0.306 e. The molecule has 0 saturated heterocycles. The van der Waals surface area contributed by atoms with E-state index in [1.807, 2.05) is 0 Å². The third-order valence-electron chi connectivity index (χ3n) is 3.11. The number of alkyl halides is 1. The number of nitrogens with zero attached hydrogens (tertiary/aromatic N) is 3. The van der Waals surface area contributed by atoms with Gasteiger partial charge in [0.1, 0.15) is 12.4 Å². The molecule has 90 valence electrons. The van der Waals surface area contributed by atoms with Crippen molar-refractivity contribution in [2.45, 2.75) is 33.2 Å². The van der Waals surface area contributed by atoms with E-state index < -0.39 is 4.92 Å². The average Bonchev–Trinajstić information content (AvgIpc) is 2.74. The summed E-state index contributed by atoms with van der Waals surface area (Å²) in [5.74, 6) is 0. The maximum absolute atomic E-state index is 10.5. The first-order chi connectivity index (χ1) is 7.56. The highest BCUT2D eigenvalue weighted by Gasteiger charge is 2.26. The molecule has 0 aliphatic carbocycles. The van der Waals surface area contributed by atoms with Crippen LogP contribution < -0.4 is 0 Å². The van der Waals surface area contributed by atoms with Crippen LogP contribution in [-0.4, -0.2) is 20.0 Å². The summed E-state index contributed by atoms with van der Waals surface area (Å²) in [6.45, 7) is 4.96. The molecule has 0 N–H and O–H groups in total. The van der Waals surface area contributed by atoms with Gasteiger partial charge in [-0.3, -0.25) is 14.8 Å². The van der Waals surface area contributed by atoms with Gasteiger partial charge in [-0.15, -0.1) is 0 Å². The topological polar surface area (TPSA) is 61.0 Å². The van der Waals surface area contributed by atoms with E-state index in [-0.39, 0.29) is 11.1 Å². The largest absolute Gasteiger partial charge is 0.306 e. The lowest BCUT2D eigenvalue weighted by Gasteiger charge is -2.29. The number of hydrogen-bond donors (Lipinski definition) is 0. The lowest BCUT2D eigenvalue weighted by Crippen LogP contribution is -2.27. The third-order valence-corrected chi connectivity index (χ3v) is 4.30. The fourth-order valence-corrected chi connectivity index (χ4v) is 2.55. The van der Waals surface area contributed by atoms with Crippen molar-refractivity contribution in [3.8, 4) is 0 Å². The first-order valence-electron chi connectivity index (χ1n) is 5.29. The zero-order valence-corrected chi connectivity index (χ0v) is 11.1. The maximum atomic E-state index is 10.5. The lowest BCUT2D eigenvalue weighted by atomic mass is 9.85. The molecule has 0 aliphatic heterocycles. The average molecular weight is 290 g/mol. The molecule has 1 rings (SSSR count). The number of aromatic nitrogens is 2. The van der Waals surface area contributed by atoms with E-state index in [0.29, 0.717) is 6.54 Å². The lowest BCUT2D eigenvalue weighted by molar-refractivity contribution is -0.385. The molecule has 0 fully saturated rings. The van der Waals surface area contributed by atoms with E-state index >= 15 is 0 Å². The fourth-order valence-electron chi connectivity index (χ4n) is 1.58. The monoisotopic (exact) mass is 289 g/mol. The van der Waals surface area contributed by atoms with Crippen LogP contribution >= 0.6 is 15.9 Å². The Morgan fingerprint density at radius 2 is 2.19 bits per heavy atom. The standard InChI is InChI=1S/C10H16BrN3O2/c1-3-10(4-2,7-11)8-13-6-9(5-12-13)14(15)16/h5-6H,3-4,7-8H2,1-2H3. The molecule has 6 heteroatoms. The molecule has 1 aromatic heterocycles. The zero-order chi connectivity index (χ0) is 12.2. The Kier molecular flexibility index (Phi) is 4.46. The van der Waals surface area contributed by atoms with Gasteiger partial charge in [0.05, 0.1) is 4.92 Å². The van der Waals surface area contributed by atoms with Gasteiger partial charge in [0.2, 0.25) is 0 Å². The second-order valence-corrected chi connectivity index (χ2v) is 4.55. The van der Waals surface area contributed by atoms with E-state index in [0.717, 1.165) is 18.2 Å². The predicted molar refractivity (Wildman–Crippen MR) is 65.7 cm³/mol. The fraction of sp³-hybridized carbons (Fsp3) is 0.700. The minimum Gasteiger partial charge on any atom is -0.265 e. The van der Waals surface area contributed by atoms with Gasteiger partial charge in [0, 0.05) is 11.9 Å². The Bertz CT molecular complexity index is 352. The quantitative estimate of drug-likeness (QED) is 0.459. The summed E-state index contributed by atoms with van der Waals surface area (Å²) in [4.78, 5) is 10.1. The molecule has 1 aromatic rings. The number of halogens is 1. The Hall–Kier alpha value is -0.910. The highest BCUT2D eigenvalue weighted by atomic mass is 79.9. The van der Waals surface area contributed by atoms with Gasteiger partial charge in [-0.25, -0.2) is 0 Å². The second-order valence-electron chi connectivity index (χ2n) is 3.99. The second kappa shape index (κ2) is 5.43. The van der Waals surface area contributed by atoms with Crippen molar-refractivity contribution in [2.75, 3.05) is 5.33 Å². The number of nitro groups is 1. The van der Waals surface area contributed by atoms with Crippen molar-refractivity contribution in [3.63, 3.8) is 0 Å². The van der Waals surface area contributed by atoms with Gasteiger partial charge < -0.3 is 0 Å². The molecule has 0 unspecified atom stereocenters. The van der Waals surface area contributed by atoms with Crippen LogP contribution in [0.1, 0.15) is 26.7 Å². The van der Waals surface area contributed by atoms with Crippen molar-refractivity contribution >= 4 is 21.6 Å². The first kappa shape index (κ1) is 13.2. The first-order valence-corrected chi connectivity index (χ1v) is 6.42. The van der Waals surface area contributed by atoms with Crippen molar-refractivity contribution in [2.24, 2.45) is 5.41 Å². The van der Waals surface area contributed by atoms with E-state index in [9.17, 15) is 10.1 Å². The molecule has 0 saturated carbocycles. The minimum atomic E-state index is -0.419. The van der Waals surface area contributed by atoms with Gasteiger partial charge in [-0.05, 0) is 18.3 Å². The van der Waals surface area contributed by atoms with Gasteiger partial charge in [-0.2, -0.15) is 5.10 Å². The number of rotatable bonds is 6. The van der Waals surface area contributed by atoms with E-state index in [1.165, 1.54) is 12.4 Å². The molecule has 0 aliphatic rings. The molecular weight excluding hydrogens is 274 g/mol. The summed E-state index contributed by atoms with van der Waals surface area (Å²) >= 11 is 3.51. The van der Waals surface area contributed by atoms with Crippen molar-refractivity contribution < 1.29 is 4.92 Å². The molecule has 0 spiro atoms. The summed E-state index contributed by atoms with van der Waals surface area (Å²) in [5, 5.41) is 15.4. The Labute approximate surface area is 103 Å². The van der Waals surface area contributed by atoms with Crippen LogP contribution in [0.3, 0.4) is 0 Å². The molecule has 0 radical (unpaired) electrons. The van der Waals surface area contributed by atoms with Crippen LogP contribution in [-0.2, 0) is 6.54 Å². The van der Waals surface area contributed by atoms with Gasteiger partial charge in [0.25, 0.3) is 0 Å². The predicted octanol–water partition coefficient (Wildman–Crippen LogP) is 2.99. The minimum absolute atomic E-state index is 0.0516. The number of hydrogen-bond acceptors (Lipinski definition) is 3. The van der Waals surface area contributed by atoms with Gasteiger partial charge in [0.15, 0.2) is 0 Å². The Balaban J connectivity index is 2.81. The molecule has 0 atom stereocenters. The van der Waals surface area contributed by atoms with Crippen molar-refractivity contribution in [1.82, 2.24) is 9.78 Å². The summed E-state index contributed by atoms with van der Waals surface area (Å²) < 4.78 is 1.66. The van der Waals surface area contributed by atoms with E-state index in [1.54, 1.807) is 4.68 Å². The Morgan fingerprint density at radius 1 is 1.56 bits per heavy atom. The summed E-state index contributed by atoms with van der Waals surface area (Å²) in [6, 6.07) is 0. The smallest absolute Gasteiger partial charge is 0.265 e. The molecule has 0 aromatic carbocycles. The molecule has 1 heterocycles. The van der Waals surface area contributed by atoms with Crippen molar-refractivity contribution in [1.29, 1.82) is 0 Å². The molecule has 5 nitrogen and oxygen atoms in total. The molecular formula is C10H16BrN3O2. The summed E-state index contributed by atoms with van der Waals surface area (Å²) in [6.07, 6.45) is 4.82. The summed E-state index contributed by atoms with van der Waals surface area (Å²) in [7, 11) is 0. The van der Waals surface area contributed by atoms with Crippen LogP contribution in [0.5, 0.6) is 0 Å². The van der Waals surface area contributed by atoms with Gasteiger partial charge >= 0.3 is 5.69 Å².